The van der Waals surface area contributed by atoms with Crippen LogP contribution in [0.25, 0.3) is 0 Å². The first-order valence-electron chi connectivity index (χ1n) is 8.61. The van der Waals surface area contributed by atoms with Crippen molar-refractivity contribution in [2.45, 2.75) is 83.6 Å². The molecular weight excluding hydrogens is 260 g/mol. The molecule has 1 aromatic rings. The molecule has 3 N–H and O–H groups in total. The highest BCUT2D eigenvalue weighted by molar-refractivity contribution is 5.10. The summed E-state index contributed by atoms with van der Waals surface area (Å²) in [5, 5.41) is 7.71. The summed E-state index contributed by atoms with van der Waals surface area (Å²) in [7, 11) is 0. The fourth-order valence-electron chi connectivity index (χ4n) is 2.69. The van der Waals surface area contributed by atoms with Gasteiger partial charge in [-0.3, -0.25) is 11.3 Å². The van der Waals surface area contributed by atoms with Crippen LogP contribution in [0, 0.1) is 0 Å². The highest BCUT2D eigenvalue weighted by Crippen LogP contribution is 2.18. The van der Waals surface area contributed by atoms with Gasteiger partial charge in [-0.1, -0.05) is 71.1 Å². The number of aromatic nitrogens is 2. The average Bonchev–Trinajstić information content (AvgIpc) is 2.54. The lowest BCUT2D eigenvalue weighted by Gasteiger charge is -2.15. The van der Waals surface area contributed by atoms with Crippen molar-refractivity contribution in [1.82, 2.24) is 15.6 Å². The first-order chi connectivity index (χ1) is 10.4. The molecule has 0 aliphatic heterocycles. The van der Waals surface area contributed by atoms with Crippen molar-refractivity contribution in [3.8, 4) is 0 Å². The van der Waals surface area contributed by atoms with Gasteiger partial charge in [-0.2, -0.15) is 10.2 Å². The second-order valence-electron chi connectivity index (χ2n) is 5.87. The lowest BCUT2D eigenvalue weighted by molar-refractivity contribution is 0.472. The predicted molar refractivity (Wildman–Crippen MR) is 88.6 cm³/mol. The Balaban J connectivity index is 1.98. The van der Waals surface area contributed by atoms with Gasteiger partial charge in [-0.15, -0.1) is 0 Å². The third-order valence-electron chi connectivity index (χ3n) is 4.06. The smallest absolute Gasteiger partial charge is 0.0544 e. The van der Waals surface area contributed by atoms with E-state index in [0.29, 0.717) is 0 Å². The molecule has 0 saturated carbocycles. The minimum atomic E-state index is 0.203. The Hall–Kier alpha value is -1.00. The fourth-order valence-corrected chi connectivity index (χ4v) is 2.69. The SMILES string of the molecule is CCCCCCCCCCCCC(NN)c1ccnnc1. The Kier molecular flexibility index (Phi) is 10.9. The molecule has 0 spiro atoms. The number of nitrogens with two attached hydrogens (primary N) is 1. The van der Waals surface area contributed by atoms with Crippen molar-refractivity contribution in [3.63, 3.8) is 0 Å². The molecule has 0 saturated heterocycles. The molecule has 4 nitrogen and oxygen atoms in total. The molecular formula is C17H32N4. The second kappa shape index (κ2) is 12.7. The van der Waals surface area contributed by atoms with E-state index in [1.54, 1.807) is 12.4 Å². The number of hydrogen-bond donors (Lipinski definition) is 2. The number of nitrogens with one attached hydrogen (secondary N) is 1. The Morgan fingerprint density at radius 2 is 1.57 bits per heavy atom. The monoisotopic (exact) mass is 292 g/mol. The molecule has 0 aliphatic carbocycles. The van der Waals surface area contributed by atoms with Crippen molar-refractivity contribution in [3.05, 3.63) is 24.0 Å². The van der Waals surface area contributed by atoms with E-state index in [2.05, 4.69) is 22.5 Å². The molecule has 0 radical (unpaired) electrons. The molecule has 0 aliphatic rings. The lowest BCUT2D eigenvalue weighted by Crippen LogP contribution is -2.28. The number of hydrazine groups is 1. The van der Waals surface area contributed by atoms with Gasteiger partial charge in [0.05, 0.1) is 6.20 Å². The summed E-state index contributed by atoms with van der Waals surface area (Å²) in [6.07, 6.45) is 18.2. The molecule has 4 heteroatoms. The van der Waals surface area contributed by atoms with Crippen LogP contribution in [0.3, 0.4) is 0 Å². The maximum absolute atomic E-state index is 5.63. The van der Waals surface area contributed by atoms with E-state index in [-0.39, 0.29) is 6.04 Å². The van der Waals surface area contributed by atoms with Gasteiger partial charge >= 0.3 is 0 Å². The van der Waals surface area contributed by atoms with Crippen LogP contribution in [0.15, 0.2) is 18.5 Å². The Bertz CT molecular complexity index is 329. The summed E-state index contributed by atoms with van der Waals surface area (Å²) >= 11 is 0. The van der Waals surface area contributed by atoms with Crippen molar-refractivity contribution in [2.24, 2.45) is 5.84 Å². The van der Waals surface area contributed by atoms with Crippen LogP contribution in [0.2, 0.25) is 0 Å². The molecule has 1 aromatic heterocycles. The molecule has 1 unspecified atom stereocenters. The highest BCUT2D eigenvalue weighted by atomic mass is 15.2. The van der Waals surface area contributed by atoms with E-state index in [9.17, 15) is 0 Å². The largest absolute Gasteiger partial charge is 0.271 e. The summed E-state index contributed by atoms with van der Waals surface area (Å²) in [6.45, 7) is 2.27. The summed E-state index contributed by atoms with van der Waals surface area (Å²) in [6, 6.07) is 2.18. The lowest BCUT2D eigenvalue weighted by atomic mass is 10.0. The molecule has 21 heavy (non-hydrogen) atoms. The van der Waals surface area contributed by atoms with Crippen LogP contribution in [-0.4, -0.2) is 10.2 Å². The molecule has 0 aromatic carbocycles. The second-order valence-corrected chi connectivity index (χ2v) is 5.87. The summed E-state index contributed by atoms with van der Waals surface area (Å²) in [4.78, 5) is 0. The highest BCUT2D eigenvalue weighted by Gasteiger charge is 2.08. The third-order valence-corrected chi connectivity index (χ3v) is 4.06. The van der Waals surface area contributed by atoms with Gasteiger partial charge < -0.3 is 0 Å². The summed E-state index contributed by atoms with van der Waals surface area (Å²) < 4.78 is 0. The zero-order valence-corrected chi connectivity index (χ0v) is 13.6. The molecule has 0 amide bonds. The van der Waals surface area contributed by atoms with Gasteiger partial charge in [0.15, 0.2) is 0 Å². The fraction of sp³-hybridized carbons (Fsp3) is 0.765. The van der Waals surface area contributed by atoms with E-state index < -0.39 is 0 Å². The van der Waals surface area contributed by atoms with E-state index in [1.165, 1.54) is 64.2 Å². The standard InChI is InChI=1S/C17H32N4/c1-2-3-4-5-6-7-8-9-10-11-12-17(21-18)16-13-14-19-20-15-16/h13-15,17,21H,2-12,18H2,1H3. The predicted octanol–water partition coefficient (Wildman–Crippen LogP) is 4.29. The molecule has 1 heterocycles. The summed E-state index contributed by atoms with van der Waals surface area (Å²) in [5.74, 6) is 5.63. The molecule has 0 bridgehead atoms. The molecule has 1 rings (SSSR count). The van der Waals surface area contributed by atoms with Crippen LogP contribution in [0.5, 0.6) is 0 Å². The number of unbranched alkanes of at least 4 members (excludes halogenated alkanes) is 9. The first kappa shape index (κ1) is 18.1. The third kappa shape index (κ3) is 8.79. The molecule has 0 fully saturated rings. The van der Waals surface area contributed by atoms with Crippen molar-refractivity contribution >= 4 is 0 Å². The number of hydrogen-bond acceptors (Lipinski definition) is 4. The van der Waals surface area contributed by atoms with Gasteiger partial charge in [0, 0.05) is 12.2 Å². The van der Waals surface area contributed by atoms with E-state index >= 15 is 0 Å². The Morgan fingerprint density at radius 1 is 0.952 bits per heavy atom. The quantitative estimate of drug-likeness (QED) is 0.323. The van der Waals surface area contributed by atoms with Gasteiger partial charge in [0.2, 0.25) is 0 Å². The maximum atomic E-state index is 5.63. The van der Waals surface area contributed by atoms with Gasteiger partial charge in [-0.25, -0.2) is 0 Å². The number of rotatable bonds is 13. The van der Waals surface area contributed by atoms with Gasteiger partial charge in [0.1, 0.15) is 0 Å². The van der Waals surface area contributed by atoms with Crippen molar-refractivity contribution < 1.29 is 0 Å². The summed E-state index contributed by atoms with van der Waals surface area (Å²) in [5.41, 5.74) is 4.01. The maximum Gasteiger partial charge on any atom is 0.0544 e. The average molecular weight is 292 g/mol. The first-order valence-corrected chi connectivity index (χ1v) is 8.61. The van der Waals surface area contributed by atoms with E-state index in [4.69, 9.17) is 5.84 Å². The van der Waals surface area contributed by atoms with Crippen LogP contribution in [0.4, 0.5) is 0 Å². The van der Waals surface area contributed by atoms with Crippen LogP contribution in [0.1, 0.15) is 89.2 Å². The minimum absolute atomic E-state index is 0.203. The Labute approximate surface area is 129 Å². The Morgan fingerprint density at radius 3 is 2.10 bits per heavy atom. The number of nitrogens with zero attached hydrogens (tertiary/aromatic N) is 2. The van der Waals surface area contributed by atoms with Crippen LogP contribution < -0.4 is 11.3 Å². The van der Waals surface area contributed by atoms with Gasteiger partial charge in [0.25, 0.3) is 0 Å². The molecule has 120 valence electrons. The molecule has 1 atom stereocenters. The van der Waals surface area contributed by atoms with Crippen LogP contribution >= 0.6 is 0 Å². The van der Waals surface area contributed by atoms with Crippen LogP contribution in [-0.2, 0) is 0 Å². The topological polar surface area (TPSA) is 63.8 Å². The van der Waals surface area contributed by atoms with Crippen molar-refractivity contribution in [2.75, 3.05) is 0 Å². The van der Waals surface area contributed by atoms with Gasteiger partial charge in [-0.05, 0) is 18.1 Å². The normalized spacial score (nSPS) is 12.5. The van der Waals surface area contributed by atoms with E-state index in [1.807, 2.05) is 6.07 Å². The van der Waals surface area contributed by atoms with E-state index in [0.717, 1.165) is 12.0 Å². The zero-order chi connectivity index (χ0) is 15.2. The minimum Gasteiger partial charge on any atom is -0.271 e. The zero-order valence-electron chi connectivity index (χ0n) is 13.6. The van der Waals surface area contributed by atoms with Crippen molar-refractivity contribution in [1.29, 1.82) is 0 Å².